The molecule has 0 unspecified atom stereocenters. The van der Waals surface area contributed by atoms with Crippen molar-refractivity contribution in [3.8, 4) is 11.3 Å². The maximum Gasteiger partial charge on any atom is 0.212 e. The summed E-state index contributed by atoms with van der Waals surface area (Å²) in [7, 11) is 2.11. The minimum Gasteiger partial charge on any atom is -0.201 e. The molecule has 0 fully saturated rings. The van der Waals surface area contributed by atoms with Crippen LogP contribution in [-0.2, 0) is 7.05 Å². The van der Waals surface area contributed by atoms with Crippen LogP contribution >= 0.6 is 0 Å². The molecule has 0 saturated heterocycles. The fourth-order valence-electron chi connectivity index (χ4n) is 1.88. The Balaban J connectivity index is 2.45. The summed E-state index contributed by atoms with van der Waals surface area (Å²) in [5.41, 5.74) is 3.90. The highest BCUT2D eigenvalue weighted by Crippen LogP contribution is 2.17. The maximum absolute atomic E-state index is 2.22. The third-order valence-electron chi connectivity index (χ3n) is 2.89. The van der Waals surface area contributed by atoms with Gasteiger partial charge in [-0.3, -0.25) is 0 Å². The van der Waals surface area contributed by atoms with E-state index in [-0.39, 0.29) is 0 Å². The Morgan fingerprint density at radius 1 is 0.938 bits per heavy atom. The first-order chi connectivity index (χ1) is 7.68. The first kappa shape index (κ1) is 10.9. The lowest BCUT2D eigenvalue weighted by molar-refractivity contribution is -0.660. The van der Waals surface area contributed by atoms with Gasteiger partial charge >= 0.3 is 0 Å². The van der Waals surface area contributed by atoms with Gasteiger partial charge in [0.15, 0.2) is 6.20 Å². The molecular formula is C15H18N+. The van der Waals surface area contributed by atoms with Gasteiger partial charge in [-0.2, -0.15) is 0 Å². The number of aryl methyl sites for hydroxylation is 1. The van der Waals surface area contributed by atoms with E-state index in [0.717, 1.165) is 0 Å². The quantitative estimate of drug-likeness (QED) is 0.672. The van der Waals surface area contributed by atoms with Crippen LogP contribution in [0, 0.1) is 0 Å². The molecule has 2 aromatic rings. The highest BCUT2D eigenvalue weighted by atomic mass is 14.9. The molecule has 1 heteroatoms. The zero-order chi connectivity index (χ0) is 11.5. The third-order valence-corrected chi connectivity index (χ3v) is 2.89. The van der Waals surface area contributed by atoms with Crippen molar-refractivity contribution < 1.29 is 4.57 Å². The molecule has 0 aliphatic carbocycles. The van der Waals surface area contributed by atoms with E-state index in [4.69, 9.17) is 0 Å². The van der Waals surface area contributed by atoms with Crippen LogP contribution in [0.2, 0.25) is 0 Å². The lowest BCUT2D eigenvalue weighted by atomic mass is 10.0. The van der Waals surface area contributed by atoms with Crippen LogP contribution in [0.1, 0.15) is 25.3 Å². The highest BCUT2D eigenvalue weighted by molar-refractivity contribution is 5.55. The Morgan fingerprint density at radius 2 is 1.62 bits per heavy atom. The number of pyridine rings is 1. The van der Waals surface area contributed by atoms with Crippen molar-refractivity contribution in [1.29, 1.82) is 0 Å². The van der Waals surface area contributed by atoms with Gasteiger partial charge in [-0.1, -0.05) is 32.0 Å². The van der Waals surface area contributed by atoms with E-state index >= 15 is 0 Å². The molecule has 82 valence electrons. The molecule has 1 aromatic heterocycles. The molecule has 16 heavy (non-hydrogen) atoms. The number of hydrogen-bond donors (Lipinski definition) is 0. The first-order valence-corrected chi connectivity index (χ1v) is 5.73. The average molecular weight is 212 g/mol. The normalized spacial score (nSPS) is 10.8. The summed E-state index contributed by atoms with van der Waals surface area (Å²) < 4.78 is 2.20. The topological polar surface area (TPSA) is 3.88 Å². The molecule has 1 aromatic carbocycles. The molecule has 0 spiro atoms. The van der Waals surface area contributed by atoms with Gasteiger partial charge in [0.2, 0.25) is 5.69 Å². The van der Waals surface area contributed by atoms with Gasteiger partial charge in [0, 0.05) is 17.2 Å². The summed E-state index contributed by atoms with van der Waals surface area (Å²) in [6.45, 7) is 4.44. The molecule has 0 atom stereocenters. The second-order valence-electron chi connectivity index (χ2n) is 4.48. The molecule has 0 aliphatic heterocycles. The predicted molar refractivity (Wildman–Crippen MR) is 67.1 cm³/mol. The molecule has 1 heterocycles. The van der Waals surface area contributed by atoms with E-state index in [1.54, 1.807) is 0 Å². The molecule has 2 rings (SSSR count). The summed E-state index contributed by atoms with van der Waals surface area (Å²) in [6.07, 6.45) is 2.22. The lowest BCUT2D eigenvalue weighted by Crippen LogP contribution is -2.31. The molecule has 0 bridgehead atoms. The number of rotatable bonds is 2. The Morgan fingerprint density at radius 3 is 2.19 bits per heavy atom. The van der Waals surface area contributed by atoms with E-state index in [0.29, 0.717) is 5.92 Å². The molecule has 0 N–H and O–H groups in total. The van der Waals surface area contributed by atoms with E-state index < -0.39 is 0 Å². The largest absolute Gasteiger partial charge is 0.212 e. The van der Waals surface area contributed by atoms with Crippen molar-refractivity contribution in [3.05, 3.63) is 54.2 Å². The Hall–Kier alpha value is -1.63. The zero-order valence-electron chi connectivity index (χ0n) is 10.1. The van der Waals surface area contributed by atoms with E-state index in [1.165, 1.54) is 16.8 Å². The van der Waals surface area contributed by atoms with Gasteiger partial charge in [-0.25, -0.2) is 4.57 Å². The van der Waals surface area contributed by atoms with Crippen molar-refractivity contribution >= 4 is 0 Å². The molecule has 0 radical (unpaired) electrons. The molecule has 0 aliphatic rings. The number of aromatic nitrogens is 1. The molecule has 1 nitrogen and oxygen atoms in total. The number of nitrogens with zero attached hydrogens (tertiary/aromatic N) is 1. The van der Waals surface area contributed by atoms with Gasteiger partial charge in [-0.05, 0) is 24.1 Å². The predicted octanol–water partition coefficient (Wildman–Crippen LogP) is 3.30. The van der Waals surface area contributed by atoms with E-state index in [2.05, 4.69) is 68.1 Å². The fraction of sp³-hybridized carbons (Fsp3) is 0.267. The van der Waals surface area contributed by atoms with Gasteiger partial charge in [-0.15, -0.1) is 0 Å². The second-order valence-corrected chi connectivity index (χ2v) is 4.48. The van der Waals surface area contributed by atoms with E-state index in [9.17, 15) is 0 Å². The Kier molecular flexibility index (Phi) is 3.04. The van der Waals surface area contributed by atoms with Gasteiger partial charge in [0.25, 0.3) is 0 Å². The van der Waals surface area contributed by atoms with Crippen LogP contribution in [0.4, 0.5) is 0 Å². The zero-order valence-corrected chi connectivity index (χ0v) is 10.1. The summed E-state index contributed by atoms with van der Waals surface area (Å²) in [4.78, 5) is 0. The lowest BCUT2D eigenvalue weighted by Gasteiger charge is -2.05. The Labute approximate surface area is 97.4 Å². The van der Waals surface area contributed by atoms with Crippen molar-refractivity contribution in [3.63, 3.8) is 0 Å². The standard InChI is InChI=1S/C15H18N/c1-12(2)14-9-10-15(16(3)11-14)13-7-5-4-6-8-13/h4-12H,1-3H3/q+1. The second kappa shape index (κ2) is 4.48. The van der Waals surface area contributed by atoms with Crippen LogP contribution in [0.25, 0.3) is 11.3 Å². The van der Waals surface area contributed by atoms with Gasteiger partial charge in [0.1, 0.15) is 7.05 Å². The van der Waals surface area contributed by atoms with Crippen molar-refractivity contribution in [1.82, 2.24) is 0 Å². The molecule has 0 saturated carbocycles. The van der Waals surface area contributed by atoms with Gasteiger partial charge < -0.3 is 0 Å². The fourth-order valence-corrected chi connectivity index (χ4v) is 1.88. The minimum absolute atomic E-state index is 0.580. The molecule has 0 amide bonds. The summed E-state index contributed by atoms with van der Waals surface area (Å²) in [5.74, 6) is 0.580. The minimum atomic E-state index is 0.580. The molecular weight excluding hydrogens is 194 g/mol. The number of benzene rings is 1. The smallest absolute Gasteiger partial charge is 0.201 e. The first-order valence-electron chi connectivity index (χ1n) is 5.73. The SMILES string of the molecule is CC(C)c1ccc(-c2ccccc2)[n+](C)c1. The van der Waals surface area contributed by atoms with Crippen molar-refractivity contribution in [2.75, 3.05) is 0 Å². The third kappa shape index (κ3) is 2.13. The summed E-state index contributed by atoms with van der Waals surface area (Å²) in [6, 6.07) is 14.9. The average Bonchev–Trinajstić information content (AvgIpc) is 2.30. The van der Waals surface area contributed by atoms with Crippen LogP contribution in [0.15, 0.2) is 48.7 Å². The summed E-state index contributed by atoms with van der Waals surface area (Å²) >= 11 is 0. The van der Waals surface area contributed by atoms with E-state index in [1.807, 2.05) is 6.07 Å². The maximum atomic E-state index is 2.22. The van der Waals surface area contributed by atoms with Crippen LogP contribution in [-0.4, -0.2) is 0 Å². The van der Waals surface area contributed by atoms with Crippen LogP contribution in [0.3, 0.4) is 0 Å². The number of hydrogen-bond acceptors (Lipinski definition) is 0. The van der Waals surface area contributed by atoms with Crippen molar-refractivity contribution in [2.45, 2.75) is 19.8 Å². The van der Waals surface area contributed by atoms with Crippen LogP contribution < -0.4 is 4.57 Å². The summed E-state index contributed by atoms with van der Waals surface area (Å²) in [5, 5.41) is 0. The highest BCUT2D eigenvalue weighted by Gasteiger charge is 2.11. The van der Waals surface area contributed by atoms with Gasteiger partial charge in [0.05, 0.1) is 0 Å². The Bertz CT molecular complexity index is 472. The van der Waals surface area contributed by atoms with Crippen LogP contribution in [0.5, 0.6) is 0 Å². The van der Waals surface area contributed by atoms with Crippen molar-refractivity contribution in [2.24, 2.45) is 7.05 Å². The monoisotopic (exact) mass is 212 g/mol.